The topological polar surface area (TPSA) is 26.3 Å². The van der Waals surface area contributed by atoms with Gasteiger partial charge in [0, 0.05) is 5.75 Å². The van der Waals surface area contributed by atoms with Crippen LogP contribution in [0.2, 0.25) is 0 Å². The maximum Gasteiger partial charge on any atom is 0.312 e. The number of thioether (sulfide) groups is 1. The Morgan fingerprint density at radius 3 is 2.50 bits per heavy atom. The van der Waals surface area contributed by atoms with Crippen LogP contribution in [0.5, 0.6) is 0 Å². The lowest BCUT2D eigenvalue weighted by Gasteiger charge is -2.20. The average molecular weight is 218 g/mol. The maximum atomic E-state index is 11.3. The van der Waals surface area contributed by atoms with E-state index in [1.807, 2.05) is 25.6 Å². The number of carbonyl (C=O) groups is 1. The molecule has 84 valence electrons. The number of ether oxygens (including phenoxy) is 1. The Hall–Kier alpha value is -0.180. The van der Waals surface area contributed by atoms with E-state index in [-0.39, 0.29) is 11.4 Å². The monoisotopic (exact) mass is 218 g/mol. The SMILES string of the molecule is CCCCCSCC(C)(C)C(=O)OC. The third kappa shape index (κ3) is 5.53. The Labute approximate surface area is 91.8 Å². The van der Waals surface area contributed by atoms with Crippen LogP contribution in [0, 0.1) is 5.41 Å². The van der Waals surface area contributed by atoms with Crippen LogP contribution in [0.3, 0.4) is 0 Å². The summed E-state index contributed by atoms with van der Waals surface area (Å²) in [6.45, 7) is 6.07. The first kappa shape index (κ1) is 13.8. The predicted molar refractivity (Wildman–Crippen MR) is 62.6 cm³/mol. The van der Waals surface area contributed by atoms with E-state index < -0.39 is 0 Å². The third-order valence-electron chi connectivity index (χ3n) is 2.09. The Kier molecular flexibility index (Phi) is 7.06. The number of esters is 1. The van der Waals surface area contributed by atoms with Crippen molar-refractivity contribution >= 4 is 17.7 Å². The molecule has 2 nitrogen and oxygen atoms in total. The molecule has 14 heavy (non-hydrogen) atoms. The minimum Gasteiger partial charge on any atom is -0.469 e. The van der Waals surface area contributed by atoms with Gasteiger partial charge in [-0.3, -0.25) is 4.79 Å². The zero-order valence-electron chi connectivity index (χ0n) is 9.76. The second-order valence-electron chi connectivity index (χ2n) is 4.14. The highest BCUT2D eigenvalue weighted by Gasteiger charge is 2.28. The summed E-state index contributed by atoms with van der Waals surface area (Å²) >= 11 is 1.84. The highest BCUT2D eigenvalue weighted by atomic mass is 32.2. The fraction of sp³-hybridized carbons (Fsp3) is 0.909. The molecule has 0 spiro atoms. The first-order valence-corrected chi connectivity index (χ1v) is 6.36. The van der Waals surface area contributed by atoms with Crippen molar-refractivity contribution in [3.05, 3.63) is 0 Å². The van der Waals surface area contributed by atoms with Gasteiger partial charge in [-0.1, -0.05) is 19.8 Å². The fourth-order valence-corrected chi connectivity index (χ4v) is 2.30. The highest BCUT2D eigenvalue weighted by Crippen LogP contribution is 2.23. The Bertz CT molecular complexity index is 167. The van der Waals surface area contributed by atoms with Crippen LogP contribution in [0.25, 0.3) is 0 Å². The van der Waals surface area contributed by atoms with Gasteiger partial charge in [0.25, 0.3) is 0 Å². The third-order valence-corrected chi connectivity index (χ3v) is 3.60. The van der Waals surface area contributed by atoms with E-state index >= 15 is 0 Å². The maximum absolute atomic E-state index is 11.3. The lowest BCUT2D eigenvalue weighted by Crippen LogP contribution is -2.28. The minimum absolute atomic E-state index is 0.111. The van der Waals surface area contributed by atoms with E-state index in [0.717, 1.165) is 11.5 Å². The van der Waals surface area contributed by atoms with Gasteiger partial charge in [0.15, 0.2) is 0 Å². The standard InChI is InChI=1S/C11H22O2S/c1-5-6-7-8-14-9-11(2,3)10(12)13-4/h5-9H2,1-4H3. The predicted octanol–water partition coefficient (Wildman–Crippen LogP) is 3.11. The van der Waals surface area contributed by atoms with E-state index in [2.05, 4.69) is 6.92 Å². The number of hydrogen-bond acceptors (Lipinski definition) is 3. The molecule has 0 saturated heterocycles. The lowest BCUT2D eigenvalue weighted by atomic mass is 9.97. The molecule has 0 amide bonds. The van der Waals surface area contributed by atoms with Crippen LogP contribution < -0.4 is 0 Å². The molecule has 0 rings (SSSR count). The summed E-state index contributed by atoms with van der Waals surface area (Å²) in [6.07, 6.45) is 3.78. The van der Waals surface area contributed by atoms with Crippen molar-refractivity contribution in [2.45, 2.75) is 40.0 Å². The molecule has 0 aliphatic heterocycles. The van der Waals surface area contributed by atoms with Gasteiger partial charge < -0.3 is 4.74 Å². The van der Waals surface area contributed by atoms with Crippen LogP contribution in [-0.4, -0.2) is 24.6 Å². The van der Waals surface area contributed by atoms with Crippen LogP contribution in [0.4, 0.5) is 0 Å². The molecular weight excluding hydrogens is 196 g/mol. The van der Waals surface area contributed by atoms with Crippen molar-refractivity contribution < 1.29 is 9.53 Å². The van der Waals surface area contributed by atoms with Crippen LogP contribution in [-0.2, 0) is 9.53 Å². The Morgan fingerprint density at radius 1 is 1.36 bits per heavy atom. The van der Waals surface area contributed by atoms with Gasteiger partial charge in [0.05, 0.1) is 12.5 Å². The van der Waals surface area contributed by atoms with Crippen molar-refractivity contribution in [3.63, 3.8) is 0 Å². The Balaban J connectivity index is 3.60. The van der Waals surface area contributed by atoms with E-state index in [1.165, 1.54) is 26.4 Å². The molecule has 0 heterocycles. The van der Waals surface area contributed by atoms with E-state index in [4.69, 9.17) is 4.74 Å². The van der Waals surface area contributed by atoms with Crippen molar-refractivity contribution in [1.82, 2.24) is 0 Å². The second-order valence-corrected chi connectivity index (χ2v) is 5.24. The lowest BCUT2D eigenvalue weighted by molar-refractivity contribution is -0.149. The van der Waals surface area contributed by atoms with Crippen LogP contribution in [0.15, 0.2) is 0 Å². The normalized spacial score (nSPS) is 11.4. The zero-order valence-corrected chi connectivity index (χ0v) is 10.6. The quantitative estimate of drug-likeness (QED) is 0.485. The highest BCUT2D eigenvalue weighted by molar-refractivity contribution is 7.99. The first-order valence-electron chi connectivity index (χ1n) is 5.20. The molecule has 0 fully saturated rings. The molecule has 3 heteroatoms. The Morgan fingerprint density at radius 2 is 2.00 bits per heavy atom. The van der Waals surface area contributed by atoms with Crippen LogP contribution in [0.1, 0.15) is 40.0 Å². The molecule has 0 aromatic rings. The van der Waals surface area contributed by atoms with Gasteiger partial charge in [-0.25, -0.2) is 0 Å². The van der Waals surface area contributed by atoms with E-state index in [9.17, 15) is 4.79 Å². The zero-order chi connectivity index (χ0) is 11.0. The van der Waals surface area contributed by atoms with Gasteiger partial charge in [-0.15, -0.1) is 0 Å². The molecule has 0 aliphatic rings. The smallest absolute Gasteiger partial charge is 0.312 e. The van der Waals surface area contributed by atoms with E-state index in [1.54, 1.807) is 0 Å². The molecular formula is C11H22O2S. The average Bonchev–Trinajstić information content (AvgIpc) is 2.16. The summed E-state index contributed by atoms with van der Waals surface area (Å²) in [5.74, 6) is 1.89. The fourth-order valence-electron chi connectivity index (χ4n) is 1.12. The first-order chi connectivity index (χ1) is 6.54. The molecule has 0 aromatic carbocycles. The number of hydrogen-bond donors (Lipinski definition) is 0. The van der Waals surface area contributed by atoms with Gasteiger partial charge >= 0.3 is 5.97 Å². The van der Waals surface area contributed by atoms with Crippen LogP contribution >= 0.6 is 11.8 Å². The van der Waals surface area contributed by atoms with Crippen molar-refractivity contribution in [2.75, 3.05) is 18.6 Å². The molecule has 0 atom stereocenters. The molecule has 0 radical (unpaired) electrons. The second kappa shape index (κ2) is 7.16. The minimum atomic E-state index is -0.342. The van der Waals surface area contributed by atoms with Gasteiger partial charge in [0.2, 0.25) is 0 Å². The molecule has 0 N–H and O–H groups in total. The molecule has 0 unspecified atom stereocenters. The molecule has 0 bridgehead atoms. The largest absolute Gasteiger partial charge is 0.469 e. The molecule has 0 saturated carbocycles. The van der Waals surface area contributed by atoms with Crippen molar-refractivity contribution in [1.29, 1.82) is 0 Å². The summed E-state index contributed by atoms with van der Waals surface area (Å²) in [4.78, 5) is 11.3. The van der Waals surface area contributed by atoms with Gasteiger partial charge in [-0.05, 0) is 26.0 Å². The number of carbonyl (C=O) groups excluding carboxylic acids is 1. The summed E-state index contributed by atoms with van der Waals surface area (Å²) < 4.78 is 4.74. The molecule has 0 aromatic heterocycles. The van der Waals surface area contributed by atoms with E-state index in [0.29, 0.717) is 0 Å². The van der Waals surface area contributed by atoms with Crippen molar-refractivity contribution in [3.8, 4) is 0 Å². The summed E-state index contributed by atoms with van der Waals surface area (Å²) in [6, 6.07) is 0. The van der Waals surface area contributed by atoms with Gasteiger partial charge in [0.1, 0.15) is 0 Å². The number of methoxy groups -OCH3 is 1. The number of rotatable bonds is 7. The summed E-state index contributed by atoms with van der Waals surface area (Å²) in [7, 11) is 1.45. The number of unbranched alkanes of at least 4 members (excludes halogenated alkanes) is 2. The van der Waals surface area contributed by atoms with Crippen molar-refractivity contribution in [2.24, 2.45) is 5.41 Å². The molecule has 0 aliphatic carbocycles. The summed E-state index contributed by atoms with van der Waals surface area (Å²) in [5.41, 5.74) is -0.342. The van der Waals surface area contributed by atoms with Gasteiger partial charge in [-0.2, -0.15) is 11.8 Å². The summed E-state index contributed by atoms with van der Waals surface area (Å²) in [5, 5.41) is 0.